The fraction of sp³-hybridized carbons (Fsp3) is 0.500. The third-order valence-electron chi connectivity index (χ3n) is 7.92. The molecule has 2 fully saturated rings. The van der Waals surface area contributed by atoms with Gasteiger partial charge in [0.25, 0.3) is 10.0 Å². The van der Waals surface area contributed by atoms with Gasteiger partial charge in [-0.25, -0.2) is 12.7 Å². The largest absolute Gasteiger partial charge is 0.495 e. The number of fused-ring (bicyclic) bond motifs is 4. The monoisotopic (exact) mass is 603 g/mol. The maximum atomic E-state index is 14.6. The molecule has 1 aliphatic heterocycles. The Balaban J connectivity index is 1.47. The summed E-state index contributed by atoms with van der Waals surface area (Å²) in [7, 11) is -3.16. The Morgan fingerprint density at radius 3 is 2.46 bits per heavy atom. The summed E-state index contributed by atoms with van der Waals surface area (Å²) in [6.07, 6.45) is -0.679. The number of sulfonamides is 1. The summed E-state index contributed by atoms with van der Waals surface area (Å²) in [6, 6.07) is 10.5. The lowest BCUT2D eigenvalue weighted by atomic mass is 9.79. The topological polar surface area (TPSA) is 94.3 Å². The lowest BCUT2D eigenvalue weighted by Gasteiger charge is -2.34. The first kappa shape index (κ1) is 21.6. The van der Waals surface area contributed by atoms with Crippen LogP contribution in [0.5, 0.6) is 11.5 Å². The Morgan fingerprint density at radius 2 is 1.83 bits per heavy atom. The molecule has 11 heteroatoms. The average molecular weight is 604 g/mol. The highest BCUT2D eigenvalue weighted by molar-refractivity contribution is 7.93. The zero-order chi connectivity index (χ0) is 34.4. The van der Waals surface area contributed by atoms with E-state index >= 15 is 0 Å². The highest BCUT2D eigenvalue weighted by Gasteiger charge is 2.51. The molecule has 0 atom stereocenters. The second-order valence-corrected chi connectivity index (χ2v) is 19.3. The number of anilines is 2. The van der Waals surface area contributed by atoms with Gasteiger partial charge in [0.05, 0.1) is 14.2 Å². The predicted molar refractivity (Wildman–Crippen MR) is 162 cm³/mol. The van der Waals surface area contributed by atoms with Crippen LogP contribution in [0.4, 0.5) is 11.5 Å². The van der Waals surface area contributed by atoms with Crippen molar-refractivity contribution >= 4 is 29.6 Å². The van der Waals surface area contributed by atoms with Gasteiger partial charge in [0, 0.05) is 58.1 Å². The van der Waals surface area contributed by atoms with Gasteiger partial charge in [-0.2, -0.15) is 0 Å². The summed E-state index contributed by atoms with van der Waals surface area (Å²) in [6.45, 7) is 1.36. The minimum absolute atomic E-state index is 0.0502. The van der Waals surface area contributed by atoms with Crippen LogP contribution in [0.2, 0.25) is 25.7 Å². The van der Waals surface area contributed by atoms with Gasteiger partial charge >= 0.3 is 0 Å². The summed E-state index contributed by atoms with van der Waals surface area (Å²) < 4.78 is 102. The van der Waals surface area contributed by atoms with Gasteiger partial charge in [0.15, 0.2) is 16.5 Å². The van der Waals surface area contributed by atoms with Crippen molar-refractivity contribution in [2.75, 3.05) is 49.8 Å². The van der Waals surface area contributed by atoms with E-state index in [2.05, 4.69) is 24.8 Å². The molecule has 6 rings (SSSR count). The van der Waals surface area contributed by atoms with Crippen molar-refractivity contribution < 1.29 is 35.4 Å². The molecule has 0 bridgehead atoms. The zero-order valence-corrected chi connectivity index (χ0v) is 25.7. The normalized spacial score (nSPS) is 22.9. The summed E-state index contributed by atoms with van der Waals surface area (Å²) >= 11 is 0. The van der Waals surface area contributed by atoms with Crippen molar-refractivity contribution in [2.24, 2.45) is 0 Å². The smallest absolute Gasteiger partial charge is 0.274 e. The summed E-state index contributed by atoms with van der Waals surface area (Å²) in [5, 5.41) is 4.31. The molecule has 0 unspecified atom stereocenters. The minimum Gasteiger partial charge on any atom is -0.495 e. The van der Waals surface area contributed by atoms with Gasteiger partial charge in [0.2, 0.25) is 0 Å². The summed E-state index contributed by atoms with van der Waals surface area (Å²) in [5.41, 5.74) is 1.77. The van der Waals surface area contributed by atoms with E-state index in [0.717, 1.165) is 33.7 Å². The number of hydrogen-bond donors (Lipinski definition) is 0. The molecule has 41 heavy (non-hydrogen) atoms. The van der Waals surface area contributed by atoms with E-state index in [1.807, 2.05) is 0 Å². The first-order valence-corrected chi connectivity index (χ1v) is 18.7. The molecular formula is C30H39N3O6SSi. The molecule has 220 valence electrons. The van der Waals surface area contributed by atoms with Gasteiger partial charge in [-0.15, -0.1) is 0 Å². The van der Waals surface area contributed by atoms with Crippen molar-refractivity contribution in [3.63, 3.8) is 0 Å². The third kappa shape index (κ3) is 5.01. The van der Waals surface area contributed by atoms with E-state index in [0.29, 0.717) is 24.2 Å². The molecular weight excluding hydrogens is 558 g/mol. The summed E-state index contributed by atoms with van der Waals surface area (Å²) in [4.78, 5) is 0.606. The second-order valence-electron chi connectivity index (χ2n) is 11.9. The number of benzene rings is 2. The Bertz CT molecular complexity index is 1790. The van der Waals surface area contributed by atoms with Crippen molar-refractivity contribution in [1.82, 2.24) is 5.16 Å². The number of ether oxygens (including phenoxy) is 3. The number of methoxy groups -OCH3 is 2. The highest BCUT2D eigenvalue weighted by atomic mass is 32.2. The molecule has 1 saturated heterocycles. The van der Waals surface area contributed by atoms with Gasteiger partial charge < -0.3 is 23.6 Å². The number of nitrogens with zero attached hydrogens (tertiary/aromatic N) is 3. The molecule has 1 aromatic heterocycles. The van der Waals surface area contributed by atoms with Crippen LogP contribution in [0, 0.1) is 0 Å². The second kappa shape index (κ2) is 10.4. The van der Waals surface area contributed by atoms with Crippen LogP contribution < -0.4 is 18.7 Å². The SMILES string of the molecule is [2H]C1([2H])N(c2ccc3c(c2)-c2onc(N(COCC[Si](C)(C)C)S(=O)(=O)c4c(OC)cccc4OC)c2CC32CC2)C([2H])([2H])C1([2H])[2H]. The fourth-order valence-electron chi connectivity index (χ4n) is 5.41. The molecule has 0 radical (unpaired) electrons. The first-order valence-electron chi connectivity index (χ1n) is 16.6. The average Bonchev–Trinajstić information content (AvgIpc) is 3.64. The molecule has 1 saturated carbocycles. The van der Waals surface area contributed by atoms with Crippen molar-refractivity contribution in [3.05, 3.63) is 47.5 Å². The molecule has 0 amide bonds. The highest BCUT2D eigenvalue weighted by Crippen LogP contribution is 2.59. The Kier molecular flexibility index (Phi) is 5.47. The maximum absolute atomic E-state index is 14.6. The number of rotatable bonds is 11. The van der Waals surface area contributed by atoms with Crippen LogP contribution in [-0.4, -0.2) is 62.2 Å². The fourth-order valence-corrected chi connectivity index (χ4v) is 7.79. The molecule has 2 aliphatic carbocycles. The predicted octanol–water partition coefficient (Wildman–Crippen LogP) is 5.66. The molecule has 3 aliphatic rings. The zero-order valence-electron chi connectivity index (χ0n) is 29.9. The van der Waals surface area contributed by atoms with Gasteiger partial charge in [-0.1, -0.05) is 36.9 Å². The van der Waals surface area contributed by atoms with Crippen LogP contribution in [0.1, 0.15) is 38.6 Å². The Hall–Kier alpha value is -3.02. The third-order valence-corrected chi connectivity index (χ3v) is 11.4. The molecule has 3 aromatic rings. The van der Waals surface area contributed by atoms with E-state index < -0.39 is 37.5 Å². The van der Waals surface area contributed by atoms with Crippen LogP contribution in [-0.2, 0) is 26.6 Å². The first-order chi connectivity index (χ1) is 21.8. The number of aromatic nitrogens is 1. The van der Waals surface area contributed by atoms with Gasteiger partial charge in [-0.3, -0.25) is 0 Å². The van der Waals surface area contributed by atoms with Crippen LogP contribution in [0.3, 0.4) is 0 Å². The van der Waals surface area contributed by atoms with E-state index in [-0.39, 0.29) is 45.8 Å². The van der Waals surface area contributed by atoms with Crippen molar-refractivity contribution in [1.29, 1.82) is 0 Å². The quantitative estimate of drug-likeness (QED) is 0.157. The summed E-state index contributed by atoms with van der Waals surface area (Å²) in [5.74, 6) is 0.503. The molecule has 9 nitrogen and oxygen atoms in total. The molecule has 0 N–H and O–H groups in total. The van der Waals surface area contributed by atoms with Crippen LogP contribution in [0.15, 0.2) is 45.8 Å². The van der Waals surface area contributed by atoms with E-state index in [1.165, 1.54) is 26.4 Å². The van der Waals surface area contributed by atoms with Crippen molar-refractivity contribution in [2.45, 2.75) is 61.6 Å². The molecule has 2 aromatic carbocycles. The van der Waals surface area contributed by atoms with E-state index in [1.54, 1.807) is 24.3 Å². The van der Waals surface area contributed by atoms with E-state index in [4.69, 9.17) is 27.0 Å². The minimum atomic E-state index is -4.42. The maximum Gasteiger partial charge on any atom is 0.274 e. The lowest BCUT2D eigenvalue weighted by Crippen LogP contribution is -2.37. The lowest BCUT2D eigenvalue weighted by molar-refractivity contribution is 0.155. The van der Waals surface area contributed by atoms with Crippen LogP contribution in [0.25, 0.3) is 11.3 Å². The Labute approximate surface area is 251 Å². The van der Waals surface area contributed by atoms with E-state index in [9.17, 15) is 8.42 Å². The van der Waals surface area contributed by atoms with Gasteiger partial charge in [0.1, 0.15) is 18.2 Å². The molecule has 2 heterocycles. The van der Waals surface area contributed by atoms with Gasteiger partial charge in [-0.05, 0) is 61.5 Å². The van der Waals surface area contributed by atoms with Crippen molar-refractivity contribution in [3.8, 4) is 22.8 Å². The number of hydrogen-bond acceptors (Lipinski definition) is 8. The van der Waals surface area contributed by atoms with Crippen LogP contribution >= 0.6 is 0 Å². The Morgan fingerprint density at radius 1 is 1.12 bits per heavy atom. The molecule has 1 spiro atoms. The standard InChI is InChI=1S/C30H39N3O6SSi/c1-36-25-8-6-9-26(37-2)28(25)40(34,35)33(20-38-16-17-41(3,4)5)29-23-19-30(12-13-30)24-11-10-21(32-14-7-15-32)18-22(24)27(23)39-31-29/h6,8-11,18H,7,12-17,19-20H2,1-5H3/i7D2,14D2,15D2.